The van der Waals surface area contributed by atoms with Crippen molar-refractivity contribution in [2.45, 2.75) is 46.5 Å². The molecular weight excluding hydrogens is 216 g/mol. The van der Waals surface area contributed by atoms with Crippen molar-refractivity contribution in [3.8, 4) is 0 Å². The summed E-state index contributed by atoms with van der Waals surface area (Å²) in [5.41, 5.74) is 0. The van der Waals surface area contributed by atoms with Crippen molar-refractivity contribution in [3.05, 3.63) is 0 Å². The largest absolute Gasteiger partial charge is 0.481 e. The van der Waals surface area contributed by atoms with Crippen molar-refractivity contribution in [3.63, 3.8) is 0 Å². The van der Waals surface area contributed by atoms with Gasteiger partial charge in [-0.3, -0.25) is 4.79 Å². The molecular formula is C14H26O3. The summed E-state index contributed by atoms with van der Waals surface area (Å²) >= 11 is 0. The van der Waals surface area contributed by atoms with Crippen LogP contribution in [0.25, 0.3) is 0 Å². The Morgan fingerprint density at radius 1 is 1.35 bits per heavy atom. The number of aliphatic carboxylic acids is 1. The standard InChI is InChI=1S/C14H26O3/c1-9(2)11-7-6-10(3)12(5-4-8-15)13(11)14(16)17/h9-13,15H,4-8H2,1-3H3,(H,16,17). The van der Waals surface area contributed by atoms with Gasteiger partial charge in [-0.1, -0.05) is 27.2 Å². The highest BCUT2D eigenvalue weighted by atomic mass is 16.4. The van der Waals surface area contributed by atoms with Crippen molar-refractivity contribution in [2.75, 3.05) is 6.61 Å². The molecule has 0 spiro atoms. The number of aliphatic hydroxyl groups is 1. The lowest BCUT2D eigenvalue weighted by Crippen LogP contribution is -2.40. The van der Waals surface area contributed by atoms with Gasteiger partial charge in [0.1, 0.15) is 0 Å². The van der Waals surface area contributed by atoms with E-state index in [0.717, 1.165) is 25.7 Å². The van der Waals surface area contributed by atoms with E-state index in [9.17, 15) is 9.90 Å². The van der Waals surface area contributed by atoms with Crippen LogP contribution in [0.1, 0.15) is 46.5 Å². The third-order valence-corrected chi connectivity index (χ3v) is 4.45. The minimum Gasteiger partial charge on any atom is -0.481 e. The molecule has 4 atom stereocenters. The molecule has 0 aromatic heterocycles. The van der Waals surface area contributed by atoms with Gasteiger partial charge in [-0.05, 0) is 42.9 Å². The third kappa shape index (κ3) is 3.44. The summed E-state index contributed by atoms with van der Waals surface area (Å²) < 4.78 is 0. The van der Waals surface area contributed by atoms with Gasteiger partial charge in [0.05, 0.1) is 5.92 Å². The first-order valence-electron chi connectivity index (χ1n) is 6.82. The number of carbonyl (C=O) groups is 1. The van der Waals surface area contributed by atoms with Crippen LogP contribution in [-0.4, -0.2) is 22.8 Å². The van der Waals surface area contributed by atoms with Gasteiger partial charge < -0.3 is 10.2 Å². The minimum absolute atomic E-state index is 0.169. The molecule has 4 unspecified atom stereocenters. The first kappa shape index (κ1) is 14.5. The molecule has 1 aliphatic carbocycles. The van der Waals surface area contributed by atoms with Crippen molar-refractivity contribution >= 4 is 5.97 Å². The summed E-state index contributed by atoms with van der Waals surface area (Å²) in [4.78, 5) is 11.5. The smallest absolute Gasteiger partial charge is 0.307 e. The lowest BCUT2D eigenvalue weighted by atomic mass is 9.62. The summed E-state index contributed by atoms with van der Waals surface area (Å²) in [6.45, 7) is 6.58. The minimum atomic E-state index is -0.641. The molecule has 0 radical (unpaired) electrons. The molecule has 0 heterocycles. The summed E-state index contributed by atoms with van der Waals surface area (Å²) in [7, 11) is 0. The van der Waals surface area contributed by atoms with Gasteiger partial charge in [0.2, 0.25) is 0 Å². The Hall–Kier alpha value is -0.570. The summed E-state index contributed by atoms with van der Waals surface area (Å²) in [6, 6.07) is 0. The van der Waals surface area contributed by atoms with Crippen molar-refractivity contribution in [1.82, 2.24) is 0 Å². The third-order valence-electron chi connectivity index (χ3n) is 4.45. The van der Waals surface area contributed by atoms with Crippen LogP contribution in [0, 0.1) is 29.6 Å². The molecule has 0 bridgehead atoms. The van der Waals surface area contributed by atoms with Crippen LogP contribution in [0.4, 0.5) is 0 Å². The van der Waals surface area contributed by atoms with Gasteiger partial charge in [-0.15, -0.1) is 0 Å². The Morgan fingerprint density at radius 3 is 2.47 bits per heavy atom. The second-order valence-corrected chi connectivity index (χ2v) is 5.86. The monoisotopic (exact) mass is 242 g/mol. The zero-order valence-corrected chi connectivity index (χ0v) is 11.2. The molecule has 0 aliphatic heterocycles. The van der Waals surface area contributed by atoms with Gasteiger partial charge in [0.25, 0.3) is 0 Å². The average Bonchev–Trinajstić information content (AvgIpc) is 2.26. The number of carboxylic acid groups (broad SMARTS) is 1. The highest BCUT2D eigenvalue weighted by molar-refractivity contribution is 5.71. The van der Waals surface area contributed by atoms with Crippen LogP contribution >= 0.6 is 0 Å². The molecule has 0 aromatic rings. The van der Waals surface area contributed by atoms with E-state index in [2.05, 4.69) is 20.8 Å². The maximum absolute atomic E-state index is 11.5. The molecule has 0 aromatic carbocycles. The molecule has 17 heavy (non-hydrogen) atoms. The van der Waals surface area contributed by atoms with Crippen molar-refractivity contribution in [2.24, 2.45) is 29.6 Å². The Labute approximate surface area is 104 Å². The van der Waals surface area contributed by atoms with Gasteiger partial charge >= 0.3 is 5.97 Å². The number of carboxylic acids is 1. The van der Waals surface area contributed by atoms with E-state index in [1.54, 1.807) is 0 Å². The van der Waals surface area contributed by atoms with E-state index in [1.165, 1.54) is 0 Å². The molecule has 1 rings (SSSR count). The van der Waals surface area contributed by atoms with Crippen molar-refractivity contribution in [1.29, 1.82) is 0 Å². The molecule has 100 valence electrons. The number of rotatable bonds is 5. The lowest BCUT2D eigenvalue weighted by Gasteiger charge is -2.41. The average molecular weight is 242 g/mol. The van der Waals surface area contributed by atoms with E-state index < -0.39 is 5.97 Å². The van der Waals surface area contributed by atoms with E-state index in [4.69, 9.17) is 5.11 Å². The topological polar surface area (TPSA) is 57.5 Å². The van der Waals surface area contributed by atoms with Crippen LogP contribution in [0.15, 0.2) is 0 Å². The van der Waals surface area contributed by atoms with Crippen molar-refractivity contribution < 1.29 is 15.0 Å². The van der Waals surface area contributed by atoms with Crippen LogP contribution in [-0.2, 0) is 4.79 Å². The summed E-state index contributed by atoms with van der Waals surface area (Å²) in [5, 5.41) is 18.4. The molecule has 0 saturated heterocycles. The zero-order valence-electron chi connectivity index (χ0n) is 11.2. The fraction of sp³-hybridized carbons (Fsp3) is 0.929. The Balaban J connectivity index is 2.82. The maximum atomic E-state index is 11.5. The summed E-state index contributed by atoms with van der Waals surface area (Å²) in [5.74, 6) is 0.578. The first-order chi connectivity index (χ1) is 7.99. The lowest BCUT2D eigenvalue weighted by molar-refractivity contribution is -0.150. The van der Waals surface area contributed by atoms with Gasteiger partial charge in [-0.2, -0.15) is 0 Å². The summed E-state index contributed by atoms with van der Waals surface area (Å²) in [6.07, 6.45) is 3.73. The molecule has 2 N–H and O–H groups in total. The Bertz CT molecular complexity index is 250. The van der Waals surface area contributed by atoms with Gasteiger partial charge in [0, 0.05) is 6.61 Å². The van der Waals surface area contributed by atoms with Crippen LogP contribution in [0.3, 0.4) is 0 Å². The first-order valence-corrected chi connectivity index (χ1v) is 6.82. The van der Waals surface area contributed by atoms with Crippen LogP contribution < -0.4 is 0 Å². The fourth-order valence-electron chi connectivity index (χ4n) is 3.43. The number of hydrogen-bond donors (Lipinski definition) is 2. The van der Waals surface area contributed by atoms with E-state index in [0.29, 0.717) is 17.8 Å². The predicted octanol–water partition coefficient (Wildman–Crippen LogP) is 2.78. The van der Waals surface area contributed by atoms with Gasteiger partial charge in [0.15, 0.2) is 0 Å². The molecule has 3 nitrogen and oxygen atoms in total. The Kier molecular flexibility index (Phi) is 5.44. The van der Waals surface area contributed by atoms with E-state index in [1.807, 2.05) is 0 Å². The molecule has 3 heteroatoms. The molecule has 1 fully saturated rings. The van der Waals surface area contributed by atoms with E-state index >= 15 is 0 Å². The highest BCUT2D eigenvalue weighted by Crippen LogP contribution is 2.44. The SMILES string of the molecule is CC(C)C1CCC(C)C(CCCO)C1C(=O)O. The van der Waals surface area contributed by atoms with Crippen LogP contribution in [0.2, 0.25) is 0 Å². The quantitative estimate of drug-likeness (QED) is 0.779. The Morgan fingerprint density at radius 2 is 2.00 bits per heavy atom. The highest BCUT2D eigenvalue weighted by Gasteiger charge is 2.42. The molecule has 0 amide bonds. The number of hydrogen-bond acceptors (Lipinski definition) is 2. The molecule has 1 saturated carbocycles. The zero-order chi connectivity index (χ0) is 13.0. The predicted molar refractivity (Wildman–Crippen MR) is 67.7 cm³/mol. The second kappa shape index (κ2) is 6.39. The fourth-order valence-corrected chi connectivity index (χ4v) is 3.43. The van der Waals surface area contributed by atoms with E-state index in [-0.39, 0.29) is 18.4 Å². The van der Waals surface area contributed by atoms with Gasteiger partial charge in [-0.25, -0.2) is 0 Å². The molecule has 1 aliphatic rings. The normalized spacial score (nSPS) is 33.9. The number of aliphatic hydroxyl groups excluding tert-OH is 1. The maximum Gasteiger partial charge on any atom is 0.307 e. The second-order valence-electron chi connectivity index (χ2n) is 5.86. The van der Waals surface area contributed by atoms with Crippen LogP contribution in [0.5, 0.6) is 0 Å².